The molecule has 0 radical (unpaired) electrons. The number of methoxy groups -OCH3 is 2. The molecule has 2 unspecified atom stereocenters. The smallest absolute Gasteiger partial charge is 0.261 e. The quantitative estimate of drug-likeness (QED) is 0.802. The van der Waals surface area contributed by atoms with Gasteiger partial charge >= 0.3 is 0 Å². The Labute approximate surface area is 124 Å². The molecule has 0 saturated carbocycles. The normalized spacial score (nSPS) is 21.9. The molecule has 1 amide bonds. The number of halogens is 1. The maximum Gasteiger partial charge on any atom is 0.261 e. The van der Waals surface area contributed by atoms with Crippen LogP contribution in [-0.4, -0.2) is 43.5 Å². The lowest BCUT2D eigenvalue weighted by molar-refractivity contribution is 0.0730. The Hall–Kier alpha value is -1.42. The van der Waals surface area contributed by atoms with Gasteiger partial charge in [0, 0.05) is 18.5 Å². The van der Waals surface area contributed by atoms with E-state index in [0.717, 1.165) is 13.0 Å². The van der Waals surface area contributed by atoms with Crippen molar-refractivity contribution in [2.45, 2.75) is 19.4 Å². The van der Waals surface area contributed by atoms with E-state index in [1.54, 1.807) is 32.4 Å². The zero-order chi connectivity index (χ0) is 14.7. The van der Waals surface area contributed by atoms with Gasteiger partial charge in [-0.15, -0.1) is 11.6 Å². The van der Waals surface area contributed by atoms with Gasteiger partial charge in [0.2, 0.25) is 0 Å². The first kappa shape index (κ1) is 15.0. The largest absolute Gasteiger partial charge is 0.496 e. The molecule has 1 saturated heterocycles. The second kappa shape index (κ2) is 6.35. The van der Waals surface area contributed by atoms with Crippen LogP contribution in [0.15, 0.2) is 18.2 Å². The van der Waals surface area contributed by atoms with Crippen molar-refractivity contribution in [1.82, 2.24) is 4.90 Å². The number of carbonyl (C=O) groups is 1. The lowest BCUT2D eigenvalue weighted by Gasteiger charge is -2.26. The Balaban J connectivity index is 2.38. The SMILES string of the molecule is COc1cccc(OC)c1C(=O)N1CCC(C)C1CCl. The average molecular weight is 298 g/mol. The van der Waals surface area contributed by atoms with Crippen molar-refractivity contribution in [3.8, 4) is 11.5 Å². The van der Waals surface area contributed by atoms with Crippen LogP contribution < -0.4 is 9.47 Å². The van der Waals surface area contributed by atoms with E-state index in [9.17, 15) is 4.79 Å². The van der Waals surface area contributed by atoms with Gasteiger partial charge in [-0.05, 0) is 24.5 Å². The number of carbonyl (C=O) groups excluding carboxylic acids is 1. The Morgan fingerprint density at radius 1 is 1.35 bits per heavy atom. The summed E-state index contributed by atoms with van der Waals surface area (Å²) in [6.07, 6.45) is 0.973. The van der Waals surface area contributed by atoms with Crippen molar-refractivity contribution in [2.24, 2.45) is 5.92 Å². The third-order valence-corrected chi connectivity index (χ3v) is 4.26. The topological polar surface area (TPSA) is 38.8 Å². The number of ether oxygens (including phenoxy) is 2. The highest BCUT2D eigenvalue weighted by Crippen LogP contribution is 2.33. The molecule has 1 aliphatic heterocycles. The molecule has 0 aromatic heterocycles. The van der Waals surface area contributed by atoms with Crippen LogP contribution in [0.25, 0.3) is 0 Å². The number of benzene rings is 1. The number of alkyl halides is 1. The standard InChI is InChI=1S/C15H20ClNO3/c1-10-7-8-17(11(10)9-16)15(18)14-12(19-2)5-4-6-13(14)20-3/h4-6,10-11H,7-9H2,1-3H3. The van der Waals surface area contributed by atoms with Gasteiger partial charge in [-0.3, -0.25) is 4.79 Å². The van der Waals surface area contributed by atoms with Crippen LogP contribution >= 0.6 is 11.6 Å². The van der Waals surface area contributed by atoms with Crippen LogP contribution in [0, 0.1) is 5.92 Å². The Kier molecular flexibility index (Phi) is 4.76. The molecule has 0 aliphatic carbocycles. The molecule has 0 spiro atoms. The molecular formula is C15H20ClNO3. The zero-order valence-corrected chi connectivity index (χ0v) is 12.8. The van der Waals surface area contributed by atoms with Gasteiger partial charge in [0.05, 0.1) is 14.2 Å². The van der Waals surface area contributed by atoms with E-state index in [1.807, 2.05) is 4.90 Å². The van der Waals surface area contributed by atoms with Crippen LogP contribution in [0.4, 0.5) is 0 Å². The number of rotatable bonds is 4. The number of nitrogens with zero attached hydrogens (tertiary/aromatic N) is 1. The van der Waals surface area contributed by atoms with Crippen molar-refractivity contribution in [3.63, 3.8) is 0 Å². The van der Waals surface area contributed by atoms with Crippen molar-refractivity contribution in [3.05, 3.63) is 23.8 Å². The average Bonchev–Trinajstić information content (AvgIpc) is 2.86. The van der Waals surface area contributed by atoms with Crippen molar-refractivity contribution >= 4 is 17.5 Å². The van der Waals surface area contributed by atoms with E-state index >= 15 is 0 Å². The molecule has 0 bridgehead atoms. The summed E-state index contributed by atoms with van der Waals surface area (Å²) in [6.45, 7) is 2.85. The zero-order valence-electron chi connectivity index (χ0n) is 12.1. The van der Waals surface area contributed by atoms with Crippen LogP contribution in [0.3, 0.4) is 0 Å². The summed E-state index contributed by atoms with van der Waals surface area (Å²) in [5.74, 6) is 1.85. The number of hydrogen-bond donors (Lipinski definition) is 0. The Bertz CT molecular complexity index is 470. The van der Waals surface area contributed by atoms with E-state index < -0.39 is 0 Å². The van der Waals surface area contributed by atoms with Crippen molar-refractivity contribution in [2.75, 3.05) is 26.6 Å². The van der Waals surface area contributed by atoms with Crippen molar-refractivity contribution in [1.29, 1.82) is 0 Å². The van der Waals surface area contributed by atoms with Crippen LogP contribution in [0.2, 0.25) is 0 Å². The number of hydrogen-bond acceptors (Lipinski definition) is 3. The van der Waals surface area contributed by atoms with Gasteiger partial charge in [-0.1, -0.05) is 13.0 Å². The lowest BCUT2D eigenvalue weighted by atomic mass is 10.0. The lowest BCUT2D eigenvalue weighted by Crippen LogP contribution is -2.39. The summed E-state index contributed by atoms with van der Waals surface area (Å²) in [6, 6.07) is 5.41. The van der Waals surface area contributed by atoms with Gasteiger partial charge in [-0.25, -0.2) is 0 Å². The third-order valence-electron chi connectivity index (χ3n) is 3.94. The fourth-order valence-electron chi connectivity index (χ4n) is 2.70. The first-order valence-corrected chi connectivity index (χ1v) is 7.25. The number of amides is 1. The molecule has 1 aliphatic rings. The molecule has 1 fully saturated rings. The molecule has 1 heterocycles. The minimum absolute atomic E-state index is 0.0683. The fourth-order valence-corrected chi connectivity index (χ4v) is 3.17. The van der Waals surface area contributed by atoms with Crippen LogP contribution in [0.5, 0.6) is 11.5 Å². The van der Waals surface area contributed by atoms with Crippen LogP contribution in [-0.2, 0) is 0 Å². The highest BCUT2D eigenvalue weighted by molar-refractivity contribution is 6.18. The molecule has 5 heteroatoms. The summed E-state index contributed by atoms with van der Waals surface area (Å²) in [4.78, 5) is 14.7. The van der Waals surface area contributed by atoms with Gasteiger partial charge in [0.1, 0.15) is 17.1 Å². The summed E-state index contributed by atoms with van der Waals surface area (Å²) < 4.78 is 10.6. The molecule has 1 aromatic carbocycles. The molecular weight excluding hydrogens is 278 g/mol. The van der Waals surface area contributed by atoms with Gasteiger partial charge in [-0.2, -0.15) is 0 Å². The minimum atomic E-state index is -0.0747. The summed E-state index contributed by atoms with van der Waals surface area (Å²) in [5, 5.41) is 0. The molecule has 110 valence electrons. The fraction of sp³-hybridized carbons (Fsp3) is 0.533. The maximum absolute atomic E-state index is 12.8. The highest BCUT2D eigenvalue weighted by Gasteiger charge is 2.36. The molecule has 0 N–H and O–H groups in total. The van der Waals surface area contributed by atoms with E-state index in [4.69, 9.17) is 21.1 Å². The third kappa shape index (κ3) is 2.57. The van der Waals surface area contributed by atoms with E-state index in [-0.39, 0.29) is 11.9 Å². The molecule has 20 heavy (non-hydrogen) atoms. The van der Waals surface area contributed by atoms with E-state index in [2.05, 4.69) is 6.92 Å². The second-order valence-corrected chi connectivity index (χ2v) is 5.33. The number of likely N-dealkylation sites (tertiary alicyclic amines) is 1. The Morgan fingerprint density at radius 3 is 2.45 bits per heavy atom. The first-order valence-electron chi connectivity index (χ1n) is 6.72. The summed E-state index contributed by atoms with van der Waals surface area (Å²) in [7, 11) is 3.11. The molecule has 2 atom stereocenters. The predicted molar refractivity (Wildman–Crippen MR) is 78.9 cm³/mol. The van der Waals surface area contributed by atoms with Gasteiger partial charge in [0.15, 0.2) is 0 Å². The van der Waals surface area contributed by atoms with Gasteiger partial charge in [0.25, 0.3) is 5.91 Å². The molecule has 2 rings (SSSR count). The molecule has 1 aromatic rings. The Morgan fingerprint density at radius 2 is 1.95 bits per heavy atom. The summed E-state index contributed by atoms with van der Waals surface area (Å²) in [5.41, 5.74) is 0.474. The van der Waals surface area contributed by atoms with Crippen LogP contribution in [0.1, 0.15) is 23.7 Å². The first-order chi connectivity index (χ1) is 9.63. The van der Waals surface area contributed by atoms with Gasteiger partial charge < -0.3 is 14.4 Å². The predicted octanol–water partition coefficient (Wildman–Crippen LogP) is 2.79. The second-order valence-electron chi connectivity index (χ2n) is 5.02. The van der Waals surface area contributed by atoms with E-state index in [0.29, 0.717) is 28.9 Å². The van der Waals surface area contributed by atoms with E-state index in [1.165, 1.54) is 0 Å². The minimum Gasteiger partial charge on any atom is -0.496 e. The van der Waals surface area contributed by atoms with Crippen molar-refractivity contribution < 1.29 is 14.3 Å². The monoisotopic (exact) mass is 297 g/mol. The maximum atomic E-state index is 12.8. The highest BCUT2D eigenvalue weighted by atomic mass is 35.5. The summed E-state index contributed by atoms with van der Waals surface area (Å²) >= 11 is 6.02. The molecule has 4 nitrogen and oxygen atoms in total.